The fraction of sp³-hybridized carbons (Fsp3) is 0.259. The summed E-state index contributed by atoms with van der Waals surface area (Å²) in [4.78, 5) is 28.1. The molecule has 0 saturated carbocycles. The summed E-state index contributed by atoms with van der Waals surface area (Å²) in [6, 6.07) is 18.9. The first-order valence-electron chi connectivity index (χ1n) is 10.9. The molecule has 1 heterocycles. The summed E-state index contributed by atoms with van der Waals surface area (Å²) in [5.74, 6) is 2.47. The van der Waals surface area contributed by atoms with Crippen LogP contribution in [0, 0.1) is 12.3 Å². The maximum atomic E-state index is 13.7. The molecule has 32 heavy (non-hydrogen) atoms. The van der Waals surface area contributed by atoms with Gasteiger partial charge in [0.2, 0.25) is 11.8 Å². The van der Waals surface area contributed by atoms with Gasteiger partial charge in [0.05, 0.1) is 12.6 Å². The third kappa shape index (κ3) is 4.10. The first-order chi connectivity index (χ1) is 15.5. The van der Waals surface area contributed by atoms with Crippen molar-refractivity contribution in [1.82, 2.24) is 10.6 Å². The van der Waals surface area contributed by atoms with Gasteiger partial charge in [-0.2, -0.15) is 0 Å². The van der Waals surface area contributed by atoms with Crippen molar-refractivity contribution in [2.45, 2.75) is 38.4 Å². The predicted molar refractivity (Wildman–Crippen MR) is 128 cm³/mol. The summed E-state index contributed by atoms with van der Waals surface area (Å²) in [7, 11) is 1.73. The zero-order valence-electron chi connectivity index (χ0n) is 18.4. The molecule has 2 N–H and O–H groups in total. The molecule has 0 saturated heterocycles. The number of benzene rings is 3. The van der Waals surface area contributed by atoms with Crippen molar-refractivity contribution in [2.24, 2.45) is 0 Å². The van der Waals surface area contributed by atoms with E-state index in [-0.39, 0.29) is 17.9 Å². The Labute approximate surface area is 188 Å². The number of amides is 2. The number of hydrogen-bond donors (Lipinski definition) is 2. The number of terminal acetylenes is 1. The van der Waals surface area contributed by atoms with Gasteiger partial charge in [-0.1, -0.05) is 54.5 Å². The van der Waals surface area contributed by atoms with E-state index in [0.717, 1.165) is 33.2 Å². The monoisotopic (exact) mass is 425 g/mol. The van der Waals surface area contributed by atoms with Crippen LogP contribution < -0.4 is 15.5 Å². The van der Waals surface area contributed by atoms with E-state index in [9.17, 15) is 9.59 Å². The van der Waals surface area contributed by atoms with Gasteiger partial charge in [0.25, 0.3) is 0 Å². The molecular formula is C27H27N3O2. The molecule has 0 radical (unpaired) electrons. The van der Waals surface area contributed by atoms with Crippen LogP contribution in [0.2, 0.25) is 0 Å². The Morgan fingerprint density at radius 2 is 1.91 bits per heavy atom. The van der Waals surface area contributed by atoms with E-state index in [2.05, 4.69) is 16.6 Å². The molecule has 3 aromatic carbocycles. The van der Waals surface area contributed by atoms with Crippen LogP contribution in [0.1, 0.15) is 30.0 Å². The first-order valence-corrected chi connectivity index (χ1v) is 10.9. The summed E-state index contributed by atoms with van der Waals surface area (Å²) in [6.07, 6.45) is 7.08. The summed E-state index contributed by atoms with van der Waals surface area (Å²) in [5, 5.41) is 7.98. The molecule has 2 atom stereocenters. The number of aryl methyl sites for hydroxylation is 1. The van der Waals surface area contributed by atoms with Crippen LogP contribution in [0.3, 0.4) is 0 Å². The standard InChI is InChI=1S/C27H27N3O2/c1-4-19-13-14-20-9-5-7-11-22(20)23(19)17-30-25-12-8-6-10-21(25)15-16-24(27(30)32)29-26(31)18(2)28-3/h1,5-14,18,24,28H,15-17H2,2-3H3,(H,29,31)/t18-,24?/m0/s1. The van der Waals surface area contributed by atoms with Crippen molar-refractivity contribution in [1.29, 1.82) is 0 Å². The minimum Gasteiger partial charge on any atom is -0.343 e. The predicted octanol–water partition coefficient (Wildman–Crippen LogP) is 3.39. The van der Waals surface area contributed by atoms with Crippen molar-refractivity contribution in [3.63, 3.8) is 0 Å². The van der Waals surface area contributed by atoms with E-state index in [1.807, 2.05) is 60.7 Å². The molecule has 2 amide bonds. The van der Waals surface area contributed by atoms with Crippen molar-refractivity contribution >= 4 is 28.3 Å². The van der Waals surface area contributed by atoms with Crippen LogP contribution in [-0.2, 0) is 22.6 Å². The minimum absolute atomic E-state index is 0.123. The molecule has 3 aromatic rings. The third-order valence-corrected chi connectivity index (χ3v) is 6.20. The van der Waals surface area contributed by atoms with E-state index < -0.39 is 6.04 Å². The average Bonchev–Trinajstić information content (AvgIpc) is 2.95. The SMILES string of the molecule is C#Cc1ccc2ccccc2c1CN1C(=O)C(NC(=O)[C@H](C)NC)CCc2ccccc21. The highest BCUT2D eigenvalue weighted by Crippen LogP contribution is 2.31. The van der Waals surface area contributed by atoms with Crippen molar-refractivity contribution in [3.05, 3.63) is 77.4 Å². The Kier molecular flexibility index (Phi) is 6.25. The summed E-state index contributed by atoms with van der Waals surface area (Å²) in [5.41, 5.74) is 3.65. The molecule has 162 valence electrons. The largest absolute Gasteiger partial charge is 0.343 e. The smallest absolute Gasteiger partial charge is 0.249 e. The highest BCUT2D eigenvalue weighted by atomic mass is 16.2. The molecule has 0 fully saturated rings. The van der Waals surface area contributed by atoms with Crippen LogP contribution in [0.25, 0.3) is 10.8 Å². The van der Waals surface area contributed by atoms with Crippen LogP contribution in [0.5, 0.6) is 0 Å². The molecule has 1 aliphatic heterocycles. The zero-order valence-corrected chi connectivity index (χ0v) is 18.4. The van der Waals surface area contributed by atoms with E-state index >= 15 is 0 Å². The number of para-hydroxylation sites is 1. The van der Waals surface area contributed by atoms with Gasteiger partial charge in [-0.05, 0) is 60.8 Å². The summed E-state index contributed by atoms with van der Waals surface area (Å²) >= 11 is 0. The van der Waals surface area contributed by atoms with E-state index in [4.69, 9.17) is 6.42 Å². The molecule has 4 rings (SSSR count). The zero-order chi connectivity index (χ0) is 22.7. The Balaban J connectivity index is 1.77. The lowest BCUT2D eigenvalue weighted by Gasteiger charge is -2.28. The van der Waals surface area contributed by atoms with E-state index in [0.29, 0.717) is 19.4 Å². The number of nitrogens with one attached hydrogen (secondary N) is 2. The maximum absolute atomic E-state index is 13.7. The average molecular weight is 426 g/mol. The Hall–Kier alpha value is -3.62. The van der Waals surface area contributed by atoms with Crippen molar-refractivity contribution in [2.75, 3.05) is 11.9 Å². The second kappa shape index (κ2) is 9.25. The van der Waals surface area contributed by atoms with Gasteiger partial charge in [-0.15, -0.1) is 6.42 Å². The fourth-order valence-corrected chi connectivity index (χ4v) is 4.24. The Bertz CT molecular complexity index is 1210. The molecule has 0 aromatic heterocycles. The van der Waals surface area contributed by atoms with Gasteiger partial charge in [0, 0.05) is 11.3 Å². The summed E-state index contributed by atoms with van der Waals surface area (Å²) in [6.45, 7) is 2.11. The maximum Gasteiger partial charge on any atom is 0.249 e. The van der Waals surface area contributed by atoms with Crippen LogP contribution in [0.4, 0.5) is 5.69 Å². The van der Waals surface area contributed by atoms with Crippen molar-refractivity contribution < 1.29 is 9.59 Å². The third-order valence-electron chi connectivity index (χ3n) is 6.20. The van der Waals surface area contributed by atoms with E-state index in [1.165, 1.54) is 0 Å². The Morgan fingerprint density at radius 1 is 1.16 bits per heavy atom. The second-order valence-electron chi connectivity index (χ2n) is 8.12. The Morgan fingerprint density at radius 3 is 2.69 bits per heavy atom. The van der Waals surface area contributed by atoms with Gasteiger partial charge in [0.1, 0.15) is 6.04 Å². The number of anilines is 1. The molecule has 1 unspecified atom stereocenters. The van der Waals surface area contributed by atoms with Gasteiger partial charge in [0.15, 0.2) is 0 Å². The van der Waals surface area contributed by atoms with Gasteiger partial charge in [-0.3, -0.25) is 9.59 Å². The molecule has 5 nitrogen and oxygen atoms in total. The number of nitrogens with zero attached hydrogens (tertiary/aromatic N) is 1. The van der Waals surface area contributed by atoms with Crippen LogP contribution >= 0.6 is 0 Å². The van der Waals surface area contributed by atoms with Gasteiger partial charge >= 0.3 is 0 Å². The molecule has 0 spiro atoms. The lowest BCUT2D eigenvalue weighted by molar-refractivity contribution is -0.128. The first kappa shape index (κ1) is 21.6. The number of rotatable bonds is 5. The normalized spacial score (nSPS) is 16.7. The minimum atomic E-state index is -0.602. The second-order valence-corrected chi connectivity index (χ2v) is 8.12. The quantitative estimate of drug-likeness (QED) is 0.616. The molecular weight excluding hydrogens is 398 g/mol. The number of fused-ring (bicyclic) bond motifs is 2. The van der Waals surface area contributed by atoms with Crippen LogP contribution in [-0.4, -0.2) is 30.9 Å². The van der Waals surface area contributed by atoms with E-state index in [1.54, 1.807) is 18.9 Å². The lowest BCUT2D eigenvalue weighted by atomic mass is 9.98. The molecule has 1 aliphatic rings. The number of hydrogen-bond acceptors (Lipinski definition) is 3. The fourth-order valence-electron chi connectivity index (χ4n) is 4.24. The molecule has 5 heteroatoms. The highest BCUT2D eigenvalue weighted by Gasteiger charge is 2.32. The number of carbonyl (C=O) groups excluding carboxylic acids is 2. The lowest BCUT2D eigenvalue weighted by Crippen LogP contribution is -2.52. The topological polar surface area (TPSA) is 61.4 Å². The number of likely N-dealkylation sites (N-methyl/N-ethyl adjacent to an activating group) is 1. The van der Waals surface area contributed by atoms with Gasteiger partial charge in [-0.25, -0.2) is 0 Å². The van der Waals surface area contributed by atoms with Crippen molar-refractivity contribution in [3.8, 4) is 12.3 Å². The molecule has 0 bridgehead atoms. The molecule has 0 aliphatic carbocycles. The highest BCUT2D eigenvalue weighted by molar-refractivity contribution is 6.01. The van der Waals surface area contributed by atoms with Gasteiger partial charge < -0.3 is 15.5 Å². The number of carbonyl (C=O) groups is 2. The van der Waals surface area contributed by atoms with Crippen LogP contribution in [0.15, 0.2) is 60.7 Å². The summed E-state index contributed by atoms with van der Waals surface area (Å²) < 4.78 is 0.